The second-order valence-corrected chi connectivity index (χ2v) is 3.10. The van der Waals surface area contributed by atoms with Gasteiger partial charge in [0.15, 0.2) is 11.5 Å². The third-order valence-electron chi connectivity index (χ3n) is 1.92. The number of benzene rings is 1. The van der Waals surface area contributed by atoms with Crippen molar-refractivity contribution < 1.29 is 19.1 Å². The number of hydrogen-bond acceptors (Lipinski definition) is 3. The van der Waals surface area contributed by atoms with Crippen LogP contribution in [0, 0.1) is 0 Å². The van der Waals surface area contributed by atoms with Crippen molar-refractivity contribution in [3.63, 3.8) is 0 Å². The maximum atomic E-state index is 8.03. The molecule has 0 aliphatic carbocycles. The smallest absolute Gasteiger partial charge is 0.231 e. The van der Waals surface area contributed by atoms with Gasteiger partial charge in [0.25, 0.3) is 0 Å². The van der Waals surface area contributed by atoms with Crippen molar-refractivity contribution in [1.82, 2.24) is 5.31 Å². The highest BCUT2D eigenvalue weighted by atomic mass is 16.7. The average molecular weight is 200 g/mol. The summed E-state index contributed by atoms with van der Waals surface area (Å²) in [5, 5.41) is 0.458. The monoisotopic (exact) mass is 200 g/mol. The Balaban J connectivity index is 2.35. The minimum Gasteiger partial charge on any atom is -0.454 e. The van der Waals surface area contributed by atoms with Gasteiger partial charge in [0.1, 0.15) is 1.41 Å². The first-order chi connectivity index (χ1) is 9.64. The van der Waals surface area contributed by atoms with Crippen LogP contribution < -0.4 is 14.8 Å². The fourth-order valence-corrected chi connectivity index (χ4v) is 1.21. The van der Waals surface area contributed by atoms with Crippen LogP contribution in [0.25, 0.3) is 0 Å². The molecule has 1 aliphatic heterocycles. The normalized spacial score (nSPS) is 24.0. The van der Waals surface area contributed by atoms with Gasteiger partial charge in [0, 0.05) is 10.2 Å². The highest BCUT2D eigenvalue weighted by Crippen LogP contribution is 2.32. The molecule has 0 amide bonds. The molecule has 1 aliphatic rings. The predicted molar refractivity (Wildman–Crippen MR) is 54.8 cm³/mol. The van der Waals surface area contributed by atoms with E-state index in [2.05, 4.69) is 0 Å². The van der Waals surface area contributed by atoms with Gasteiger partial charge in [-0.1, -0.05) is 6.04 Å². The summed E-state index contributed by atoms with van der Waals surface area (Å²) in [6.45, 7) is -1.16. The summed E-state index contributed by atoms with van der Waals surface area (Å²) in [5.74, 6) is 0.170. The summed E-state index contributed by atoms with van der Waals surface area (Å²) in [7, 11) is 0. The van der Waals surface area contributed by atoms with E-state index in [1.54, 1.807) is 0 Å². The summed E-state index contributed by atoms with van der Waals surface area (Å²) in [6.07, 6.45) is -0.0118. The lowest BCUT2D eigenvalue weighted by Crippen LogP contribution is -2.23. The molecule has 0 saturated carbocycles. The van der Waals surface area contributed by atoms with Gasteiger partial charge in [-0.3, -0.25) is 0 Å². The molecule has 0 radical (unpaired) electrons. The van der Waals surface area contributed by atoms with E-state index in [4.69, 9.17) is 19.1 Å². The van der Waals surface area contributed by atoms with E-state index in [1.807, 2.05) is 0 Å². The van der Waals surface area contributed by atoms with E-state index in [9.17, 15) is 0 Å². The fourth-order valence-electron chi connectivity index (χ4n) is 1.21. The third-order valence-corrected chi connectivity index (χ3v) is 1.92. The Bertz CT molecular complexity index is 561. The number of fused-ring (bicyclic) bond motifs is 1. The van der Waals surface area contributed by atoms with Gasteiger partial charge in [-0.2, -0.15) is 0 Å². The largest absolute Gasteiger partial charge is 0.454 e. The molecule has 1 heterocycles. The third kappa shape index (κ3) is 1.82. The van der Waals surface area contributed by atoms with E-state index in [0.717, 1.165) is 0 Å². The lowest BCUT2D eigenvalue weighted by Gasteiger charge is -2.09. The van der Waals surface area contributed by atoms with Crippen molar-refractivity contribution in [3.8, 4) is 11.5 Å². The zero-order chi connectivity index (χ0) is 15.9. The molecular weight excluding hydrogens is 178 g/mol. The van der Waals surface area contributed by atoms with Crippen LogP contribution in [-0.2, 0) is 6.42 Å². The van der Waals surface area contributed by atoms with Crippen molar-refractivity contribution in [2.45, 2.75) is 19.4 Å². The lowest BCUT2D eigenvalue weighted by atomic mass is 10.1. The van der Waals surface area contributed by atoms with Crippen molar-refractivity contribution >= 4 is 0 Å². The second-order valence-electron chi connectivity index (χ2n) is 3.10. The number of nitrogens with one attached hydrogen (secondary N) is 1. The SMILES string of the molecule is [2H]c1c([2H])c2c(c([2H])c1CC(C)N([2H])C([2H])([2H])[2H])OCO2. The molecule has 0 spiro atoms. The highest BCUT2D eigenvalue weighted by Gasteiger charge is 2.13. The molecule has 1 unspecified atom stereocenters. The van der Waals surface area contributed by atoms with Crippen LogP contribution in [-0.4, -0.2) is 19.8 Å². The minimum atomic E-state index is -2.58. The molecule has 3 heteroatoms. The summed E-state index contributed by atoms with van der Waals surface area (Å²) in [5.41, 5.74) is 0.179. The summed E-state index contributed by atoms with van der Waals surface area (Å²) < 4.78 is 63.2. The first-order valence-corrected chi connectivity index (χ1v) is 4.31. The molecule has 0 bridgehead atoms. The van der Waals surface area contributed by atoms with Crippen LogP contribution in [0.3, 0.4) is 0 Å². The van der Waals surface area contributed by atoms with Gasteiger partial charge >= 0.3 is 0 Å². The Hall–Kier alpha value is -1.22. The van der Waals surface area contributed by atoms with Gasteiger partial charge in [0.05, 0.1) is 4.11 Å². The highest BCUT2D eigenvalue weighted by molar-refractivity contribution is 5.44. The predicted octanol–water partition coefficient (Wildman–Crippen LogP) is 1.57. The van der Waals surface area contributed by atoms with Gasteiger partial charge in [-0.25, -0.2) is 0 Å². The van der Waals surface area contributed by atoms with Crippen molar-refractivity contribution in [2.75, 3.05) is 13.8 Å². The quantitative estimate of drug-likeness (QED) is 0.803. The van der Waals surface area contributed by atoms with Crippen LogP contribution >= 0.6 is 0 Å². The molecule has 2 rings (SSSR count). The summed E-state index contributed by atoms with van der Waals surface area (Å²) >= 11 is 0. The van der Waals surface area contributed by atoms with Crippen molar-refractivity contribution in [3.05, 3.63) is 23.7 Å². The molecule has 1 aromatic rings. The molecule has 1 aromatic carbocycles. The Kier molecular flexibility index (Phi) is 1.14. The molecule has 0 fully saturated rings. The van der Waals surface area contributed by atoms with Gasteiger partial charge < -0.3 is 14.8 Å². The number of likely N-dealkylation sites (N-methyl/N-ethyl adjacent to an activating group) is 1. The molecule has 76 valence electrons. The van der Waals surface area contributed by atoms with E-state index in [1.165, 1.54) is 6.92 Å². The van der Waals surface area contributed by atoms with Crippen molar-refractivity contribution in [2.24, 2.45) is 0 Å². The molecule has 1 atom stereocenters. The fraction of sp³-hybridized carbons (Fsp3) is 0.455. The Morgan fingerprint density at radius 2 is 2.50 bits per heavy atom. The van der Waals surface area contributed by atoms with Gasteiger partial charge in [-0.05, 0) is 38.0 Å². The minimum absolute atomic E-state index is 0.0118. The van der Waals surface area contributed by atoms with Crippen molar-refractivity contribution in [1.29, 1.82) is 0 Å². The molecule has 0 aromatic heterocycles. The van der Waals surface area contributed by atoms with Crippen LogP contribution in [0.1, 0.15) is 20.7 Å². The standard InChI is InChI=1S/C11H15NO2/c1-8(12-2)5-9-3-4-10-11(6-9)14-7-13-10/h3-4,6,8,12H,5,7H2,1-2H3/i2D3,3D,4D,6D/hD. The first-order valence-electron chi connectivity index (χ1n) is 7.75. The van der Waals surface area contributed by atoms with Crippen LogP contribution in [0.15, 0.2) is 18.1 Å². The van der Waals surface area contributed by atoms with E-state index < -0.39 is 13.0 Å². The topological polar surface area (TPSA) is 30.5 Å². The number of rotatable bonds is 3. The Morgan fingerprint density at radius 3 is 3.36 bits per heavy atom. The second kappa shape index (κ2) is 3.88. The molecule has 0 saturated heterocycles. The first kappa shape index (κ1) is 4.11. The Labute approximate surface area is 93.9 Å². The van der Waals surface area contributed by atoms with Crippen LogP contribution in [0.2, 0.25) is 1.41 Å². The molecular formula is C11H15NO2. The zero-order valence-electron chi connectivity index (χ0n) is 14.8. The Morgan fingerprint density at radius 1 is 1.64 bits per heavy atom. The lowest BCUT2D eigenvalue weighted by molar-refractivity contribution is 0.174. The molecule has 1 N–H and O–H groups in total. The van der Waals surface area contributed by atoms with Crippen LogP contribution in [0.4, 0.5) is 0 Å². The number of ether oxygens (including phenoxy) is 2. The summed E-state index contributed by atoms with van der Waals surface area (Å²) in [4.78, 5) is 0. The summed E-state index contributed by atoms with van der Waals surface area (Å²) in [6, 6.07) is -1.22. The van der Waals surface area contributed by atoms with Gasteiger partial charge in [-0.15, -0.1) is 0 Å². The van der Waals surface area contributed by atoms with Gasteiger partial charge in [0.2, 0.25) is 6.79 Å². The molecule has 14 heavy (non-hydrogen) atoms. The maximum Gasteiger partial charge on any atom is 0.231 e. The average Bonchev–Trinajstić information content (AvgIpc) is 2.88. The number of hydrogen-bond donors (Lipinski definition) is 1. The van der Waals surface area contributed by atoms with Crippen LogP contribution in [0.5, 0.6) is 11.5 Å². The molecule has 3 nitrogen and oxygen atoms in total. The van der Waals surface area contributed by atoms with E-state index in [0.29, 0.717) is 5.31 Å². The van der Waals surface area contributed by atoms with E-state index >= 15 is 0 Å². The van der Waals surface area contributed by atoms with E-state index in [-0.39, 0.29) is 48.4 Å². The zero-order valence-corrected chi connectivity index (χ0v) is 7.76. The maximum absolute atomic E-state index is 8.03.